The highest BCUT2D eigenvalue weighted by Crippen LogP contribution is 2.18. The van der Waals surface area contributed by atoms with Crippen molar-refractivity contribution < 1.29 is 4.74 Å². The zero-order valence-electron chi connectivity index (χ0n) is 9.85. The molecule has 96 valence electrons. The highest BCUT2D eigenvalue weighted by atomic mass is 32.1. The van der Waals surface area contributed by atoms with Gasteiger partial charge in [0.1, 0.15) is 4.70 Å². The topological polar surface area (TPSA) is 47.0 Å². The predicted octanol–water partition coefficient (Wildman–Crippen LogP) is 2.55. The molecule has 3 heterocycles. The first-order valence-electron chi connectivity index (χ1n) is 6.04. The van der Waals surface area contributed by atoms with Gasteiger partial charge in [0, 0.05) is 19.8 Å². The second-order valence-corrected chi connectivity index (χ2v) is 5.87. The lowest BCUT2D eigenvalue weighted by molar-refractivity contribution is 0.183. The van der Waals surface area contributed by atoms with Gasteiger partial charge in [0.15, 0.2) is 4.77 Å². The van der Waals surface area contributed by atoms with E-state index in [0.717, 1.165) is 36.3 Å². The Morgan fingerprint density at radius 3 is 3.28 bits per heavy atom. The van der Waals surface area contributed by atoms with Crippen molar-refractivity contribution in [2.75, 3.05) is 13.2 Å². The minimum atomic E-state index is 0.0302. The van der Waals surface area contributed by atoms with E-state index in [0.29, 0.717) is 17.2 Å². The van der Waals surface area contributed by atoms with Crippen LogP contribution in [0.1, 0.15) is 12.8 Å². The van der Waals surface area contributed by atoms with Gasteiger partial charge < -0.3 is 9.72 Å². The van der Waals surface area contributed by atoms with Crippen LogP contribution in [0.15, 0.2) is 16.2 Å². The van der Waals surface area contributed by atoms with Crippen LogP contribution < -0.4 is 5.56 Å². The van der Waals surface area contributed by atoms with Crippen molar-refractivity contribution in [2.24, 2.45) is 5.92 Å². The summed E-state index contributed by atoms with van der Waals surface area (Å²) < 4.78 is 8.29. The van der Waals surface area contributed by atoms with Crippen LogP contribution in [0.5, 0.6) is 0 Å². The van der Waals surface area contributed by atoms with Gasteiger partial charge in [0.2, 0.25) is 0 Å². The number of thiophene rings is 1. The van der Waals surface area contributed by atoms with Gasteiger partial charge >= 0.3 is 0 Å². The number of nitrogens with zero attached hydrogens (tertiary/aromatic N) is 1. The van der Waals surface area contributed by atoms with Gasteiger partial charge in [-0.15, -0.1) is 11.3 Å². The van der Waals surface area contributed by atoms with Crippen molar-refractivity contribution in [1.82, 2.24) is 9.55 Å². The van der Waals surface area contributed by atoms with Crippen molar-refractivity contribution in [2.45, 2.75) is 19.4 Å². The molecule has 4 nitrogen and oxygen atoms in total. The Kier molecular flexibility index (Phi) is 3.32. The van der Waals surface area contributed by atoms with Gasteiger partial charge in [0.25, 0.3) is 5.56 Å². The first-order valence-corrected chi connectivity index (χ1v) is 7.32. The summed E-state index contributed by atoms with van der Waals surface area (Å²) in [4.78, 5) is 15.4. The van der Waals surface area contributed by atoms with E-state index >= 15 is 0 Å². The van der Waals surface area contributed by atoms with E-state index in [-0.39, 0.29) is 5.56 Å². The lowest BCUT2D eigenvalue weighted by atomic mass is 10.1. The van der Waals surface area contributed by atoms with Gasteiger partial charge in [0.05, 0.1) is 5.52 Å². The molecule has 1 atom stereocenters. The molecule has 18 heavy (non-hydrogen) atoms. The molecule has 1 aliphatic heterocycles. The number of fused-ring (bicyclic) bond motifs is 1. The Bertz CT molecular complexity index is 665. The van der Waals surface area contributed by atoms with Crippen LogP contribution in [0.2, 0.25) is 0 Å². The summed E-state index contributed by atoms with van der Waals surface area (Å²) in [5.41, 5.74) is 0.873. The van der Waals surface area contributed by atoms with Crippen molar-refractivity contribution in [3.63, 3.8) is 0 Å². The Hall–Kier alpha value is -0.980. The van der Waals surface area contributed by atoms with Gasteiger partial charge in [-0.2, -0.15) is 0 Å². The molecule has 0 spiro atoms. The standard InChI is InChI=1S/C12H14N2O2S2/c15-11-10-9(3-6-18-10)13-12(17)14(11)4-1-8-2-5-16-7-8/h3,6,8H,1-2,4-5,7H2,(H,13,17). The maximum Gasteiger partial charge on any atom is 0.272 e. The number of aromatic amines is 1. The zero-order chi connectivity index (χ0) is 12.5. The molecule has 1 fully saturated rings. The summed E-state index contributed by atoms with van der Waals surface area (Å²) in [7, 11) is 0. The Balaban J connectivity index is 1.90. The van der Waals surface area contributed by atoms with E-state index in [1.807, 2.05) is 11.4 Å². The number of ether oxygens (including phenoxy) is 1. The fraction of sp³-hybridized carbons (Fsp3) is 0.500. The van der Waals surface area contributed by atoms with E-state index in [4.69, 9.17) is 17.0 Å². The fourth-order valence-electron chi connectivity index (χ4n) is 2.30. The van der Waals surface area contributed by atoms with Gasteiger partial charge in [-0.3, -0.25) is 9.36 Å². The minimum absolute atomic E-state index is 0.0302. The van der Waals surface area contributed by atoms with Crippen LogP contribution in [0, 0.1) is 10.7 Å². The van der Waals surface area contributed by atoms with E-state index in [1.54, 1.807) is 4.57 Å². The molecule has 1 unspecified atom stereocenters. The molecule has 2 aromatic heterocycles. The minimum Gasteiger partial charge on any atom is -0.381 e. The van der Waals surface area contributed by atoms with E-state index in [2.05, 4.69) is 4.98 Å². The fourth-order valence-corrected chi connectivity index (χ4v) is 3.38. The quantitative estimate of drug-likeness (QED) is 0.880. The number of H-pyrrole nitrogens is 1. The van der Waals surface area contributed by atoms with E-state index < -0.39 is 0 Å². The molecule has 1 aliphatic rings. The molecule has 1 saturated heterocycles. The number of rotatable bonds is 3. The summed E-state index contributed by atoms with van der Waals surface area (Å²) in [5, 5.41) is 1.91. The molecule has 1 N–H and O–H groups in total. The summed E-state index contributed by atoms with van der Waals surface area (Å²) >= 11 is 6.71. The largest absolute Gasteiger partial charge is 0.381 e. The summed E-state index contributed by atoms with van der Waals surface area (Å²) in [5.74, 6) is 0.560. The molecule has 0 saturated carbocycles. The maximum atomic E-state index is 12.3. The third kappa shape index (κ3) is 2.15. The smallest absolute Gasteiger partial charge is 0.272 e. The SMILES string of the molecule is O=c1c2sccc2[nH]c(=S)n1CCC1CCOC1. The average Bonchev–Trinajstić information content (AvgIpc) is 2.98. The Morgan fingerprint density at radius 2 is 2.50 bits per heavy atom. The zero-order valence-corrected chi connectivity index (χ0v) is 11.5. The van der Waals surface area contributed by atoms with Crippen LogP contribution in [-0.2, 0) is 11.3 Å². The first kappa shape index (κ1) is 12.1. The first-order chi connectivity index (χ1) is 8.75. The molecule has 0 bridgehead atoms. The average molecular weight is 282 g/mol. The molecule has 3 rings (SSSR count). The van der Waals surface area contributed by atoms with E-state index in [1.165, 1.54) is 11.3 Å². The maximum absolute atomic E-state index is 12.3. The normalized spacial score (nSPS) is 19.7. The third-order valence-corrected chi connectivity index (χ3v) is 4.60. The van der Waals surface area contributed by atoms with Gasteiger partial charge in [-0.25, -0.2) is 0 Å². The van der Waals surface area contributed by atoms with Crippen molar-refractivity contribution in [3.8, 4) is 0 Å². The predicted molar refractivity (Wildman–Crippen MR) is 74.8 cm³/mol. The molecule has 0 aliphatic carbocycles. The monoisotopic (exact) mass is 282 g/mol. The van der Waals surface area contributed by atoms with Crippen molar-refractivity contribution in [1.29, 1.82) is 0 Å². The van der Waals surface area contributed by atoms with Crippen LogP contribution in [0.3, 0.4) is 0 Å². The van der Waals surface area contributed by atoms with Gasteiger partial charge in [-0.1, -0.05) is 0 Å². The number of hydrogen-bond donors (Lipinski definition) is 1. The Morgan fingerprint density at radius 1 is 1.61 bits per heavy atom. The number of aromatic nitrogens is 2. The number of nitrogens with one attached hydrogen (secondary N) is 1. The molecule has 0 radical (unpaired) electrons. The van der Waals surface area contributed by atoms with Crippen LogP contribution in [0.25, 0.3) is 10.2 Å². The number of hydrogen-bond acceptors (Lipinski definition) is 4. The van der Waals surface area contributed by atoms with Crippen LogP contribution in [0.4, 0.5) is 0 Å². The molecule has 0 amide bonds. The third-order valence-electron chi connectivity index (χ3n) is 3.38. The second-order valence-electron chi connectivity index (χ2n) is 4.57. The lowest BCUT2D eigenvalue weighted by Gasteiger charge is -2.09. The van der Waals surface area contributed by atoms with Crippen LogP contribution in [-0.4, -0.2) is 22.8 Å². The van der Waals surface area contributed by atoms with Crippen LogP contribution >= 0.6 is 23.6 Å². The summed E-state index contributed by atoms with van der Waals surface area (Å²) in [6.45, 7) is 2.33. The highest BCUT2D eigenvalue weighted by Gasteiger charge is 2.16. The van der Waals surface area contributed by atoms with Gasteiger partial charge in [-0.05, 0) is 42.4 Å². The molecule has 2 aromatic rings. The van der Waals surface area contributed by atoms with Crippen molar-refractivity contribution >= 4 is 33.8 Å². The molecule has 6 heteroatoms. The summed E-state index contributed by atoms with van der Waals surface area (Å²) in [6.07, 6.45) is 2.04. The molecular formula is C12H14N2O2S2. The lowest BCUT2D eigenvalue weighted by Crippen LogP contribution is -2.22. The highest BCUT2D eigenvalue weighted by molar-refractivity contribution is 7.71. The molecule has 0 aromatic carbocycles. The summed E-state index contributed by atoms with van der Waals surface area (Å²) in [6, 6.07) is 1.90. The van der Waals surface area contributed by atoms with Crippen molar-refractivity contribution in [3.05, 3.63) is 26.6 Å². The second kappa shape index (κ2) is 4.95. The van der Waals surface area contributed by atoms with E-state index in [9.17, 15) is 4.79 Å². The molecular weight excluding hydrogens is 268 g/mol. The Labute approximate surface area is 113 Å².